The van der Waals surface area contributed by atoms with E-state index in [4.69, 9.17) is 0 Å². The van der Waals surface area contributed by atoms with Crippen LogP contribution >= 0.6 is 0 Å². The summed E-state index contributed by atoms with van der Waals surface area (Å²) in [4.78, 5) is 0. The molecule has 6 aromatic rings. The van der Waals surface area contributed by atoms with E-state index in [9.17, 15) is 0 Å². The second-order valence-corrected chi connectivity index (χ2v) is 9.26. The van der Waals surface area contributed by atoms with Crippen molar-refractivity contribution in [3.8, 4) is 33.4 Å². The van der Waals surface area contributed by atoms with Crippen molar-refractivity contribution in [1.82, 2.24) is 0 Å². The van der Waals surface area contributed by atoms with Gasteiger partial charge in [0.1, 0.15) is 0 Å². The summed E-state index contributed by atoms with van der Waals surface area (Å²) >= 11 is 0. The Kier molecular flexibility index (Phi) is 6.69. The molecule has 2 N–H and O–H groups in total. The first kappa shape index (κ1) is 23.3. The van der Waals surface area contributed by atoms with Crippen molar-refractivity contribution in [1.29, 1.82) is 0 Å². The highest BCUT2D eigenvalue weighted by Gasteiger charge is 2.06. The van der Waals surface area contributed by atoms with Crippen LogP contribution in [0.4, 0.5) is 22.7 Å². The van der Waals surface area contributed by atoms with Gasteiger partial charge in [0.15, 0.2) is 0 Å². The van der Waals surface area contributed by atoms with Crippen LogP contribution in [0.1, 0.15) is 0 Å². The van der Waals surface area contributed by atoms with Crippen molar-refractivity contribution in [2.24, 2.45) is 0 Å². The number of para-hydroxylation sites is 1. The quantitative estimate of drug-likeness (QED) is 0.233. The van der Waals surface area contributed by atoms with Gasteiger partial charge in [-0.15, -0.1) is 0 Å². The van der Waals surface area contributed by atoms with E-state index in [0.717, 1.165) is 22.7 Å². The molecule has 6 aromatic carbocycles. The normalized spacial score (nSPS) is 10.6. The van der Waals surface area contributed by atoms with Crippen LogP contribution in [0, 0.1) is 0 Å². The van der Waals surface area contributed by atoms with Crippen LogP contribution in [-0.4, -0.2) is 0 Å². The molecule has 0 radical (unpaired) electrons. The first-order valence-electron chi connectivity index (χ1n) is 12.9. The maximum absolute atomic E-state index is 3.59. The Morgan fingerprint density at radius 3 is 1.13 bits per heavy atom. The Bertz CT molecular complexity index is 1600. The molecule has 0 aliphatic rings. The van der Waals surface area contributed by atoms with E-state index in [1.165, 1.54) is 33.4 Å². The second-order valence-electron chi connectivity index (χ2n) is 9.26. The SMILES string of the molecule is c1ccc(-c2ccc(Nc3ccc(-c4ccc(Nc5ccccc5-c5ccccc5)cc4)cc3)cc2)cc1. The molecule has 0 saturated heterocycles. The lowest BCUT2D eigenvalue weighted by molar-refractivity contribution is 1.52. The summed E-state index contributed by atoms with van der Waals surface area (Å²) in [6.07, 6.45) is 0. The van der Waals surface area contributed by atoms with Gasteiger partial charge in [-0.2, -0.15) is 0 Å². The molecule has 0 atom stereocenters. The maximum atomic E-state index is 3.59. The minimum Gasteiger partial charge on any atom is -0.356 e. The van der Waals surface area contributed by atoms with Gasteiger partial charge >= 0.3 is 0 Å². The Morgan fingerprint density at radius 1 is 0.263 bits per heavy atom. The van der Waals surface area contributed by atoms with Gasteiger partial charge in [-0.05, 0) is 70.3 Å². The lowest BCUT2D eigenvalue weighted by Crippen LogP contribution is -1.93. The molecule has 0 bridgehead atoms. The van der Waals surface area contributed by atoms with Crippen molar-refractivity contribution in [2.75, 3.05) is 10.6 Å². The fourth-order valence-electron chi connectivity index (χ4n) is 4.65. The van der Waals surface area contributed by atoms with Crippen molar-refractivity contribution in [3.63, 3.8) is 0 Å². The predicted molar refractivity (Wildman–Crippen MR) is 162 cm³/mol. The molecule has 2 nitrogen and oxygen atoms in total. The molecule has 0 spiro atoms. The van der Waals surface area contributed by atoms with Crippen LogP contribution in [0.25, 0.3) is 33.4 Å². The number of benzene rings is 6. The molecule has 0 heterocycles. The smallest absolute Gasteiger partial charge is 0.0463 e. The first-order valence-corrected chi connectivity index (χ1v) is 12.9. The fourth-order valence-corrected chi connectivity index (χ4v) is 4.65. The Hall–Kier alpha value is -5.08. The molecular weight excluding hydrogens is 460 g/mol. The molecule has 0 aliphatic carbocycles. The third kappa shape index (κ3) is 5.35. The molecule has 182 valence electrons. The third-order valence-corrected chi connectivity index (χ3v) is 6.67. The van der Waals surface area contributed by atoms with Gasteiger partial charge < -0.3 is 10.6 Å². The third-order valence-electron chi connectivity index (χ3n) is 6.67. The molecule has 0 saturated carbocycles. The highest BCUT2D eigenvalue weighted by Crippen LogP contribution is 2.31. The number of hydrogen-bond acceptors (Lipinski definition) is 2. The monoisotopic (exact) mass is 488 g/mol. The molecular formula is C36H28N2. The minimum atomic E-state index is 1.06. The Balaban J connectivity index is 1.12. The number of anilines is 4. The van der Waals surface area contributed by atoms with Gasteiger partial charge in [0.25, 0.3) is 0 Å². The van der Waals surface area contributed by atoms with E-state index >= 15 is 0 Å². The minimum absolute atomic E-state index is 1.06. The van der Waals surface area contributed by atoms with Gasteiger partial charge in [0.05, 0.1) is 0 Å². The molecule has 0 amide bonds. The molecule has 0 unspecified atom stereocenters. The molecule has 2 heteroatoms. The van der Waals surface area contributed by atoms with E-state index in [-0.39, 0.29) is 0 Å². The summed E-state index contributed by atoms with van der Waals surface area (Å²) < 4.78 is 0. The lowest BCUT2D eigenvalue weighted by atomic mass is 10.0. The maximum Gasteiger partial charge on any atom is 0.0463 e. The summed E-state index contributed by atoms with van der Waals surface area (Å²) in [6, 6.07) is 55.1. The van der Waals surface area contributed by atoms with Crippen LogP contribution in [-0.2, 0) is 0 Å². The number of nitrogens with one attached hydrogen (secondary N) is 2. The fraction of sp³-hybridized carbons (Fsp3) is 0. The zero-order valence-corrected chi connectivity index (χ0v) is 21.0. The van der Waals surface area contributed by atoms with E-state index in [2.05, 4.69) is 156 Å². The second kappa shape index (κ2) is 10.9. The van der Waals surface area contributed by atoms with Crippen molar-refractivity contribution in [2.45, 2.75) is 0 Å². The van der Waals surface area contributed by atoms with Crippen LogP contribution in [0.15, 0.2) is 158 Å². The van der Waals surface area contributed by atoms with Crippen LogP contribution in [0.5, 0.6) is 0 Å². The molecule has 0 aromatic heterocycles. The average molecular weight is 489 g/mol. The predicted octanol–water partition coefficient (Wildman–Crippen LogP) is 10.2. The van der Waals surface area contributed by atoms with Crippen molar-refractivity contribution < 1.29 is 0 Å². The highest BCUT2D eigenvalue weighted by molar-refractivity contribution is 5.81. The standard InChI is InChI=1S/C36H28N2/c1-3-9-27(10-4-1)28-15-21-32(22-16-28)37-33-23-17-29(18-24-33)30-19-25-34(26-20-30)38-36-14-8-7-13-35(36)31-11-5-2-6-12-31/h1-26,37-38H. The molecule has 38 heavy (non-hydrogen) atoms. The van der Waals surface area contributed by atoms with Gasteiger partial charge in [0.2, 0.25) is 0 Å². The summed E-state index contributed by atoms with van der Waals surface area (Å²) in [7, 11) is 0. The van der Waals surface area contributed by atoms with Crippen LogP contribution < -0.4 is 10.6 Å². The summed E-state index contributed by atoms with van der Waals surface area (Å²) in [5.74, 6) is 0. The summed E-state index contributed by atoms with van der Waals surface area (Å²) in [6.45, 7) is 0. The number of hydrogen-bond donors (Lipinski definition) is 2. The van der Waals surface area contributed by atoms with Crippen LogP contribution in [0.3, 0.4) is 0 Å². The Morgan fingerprint density at radius 2 is 0.632 bits per heavy atom. The summed E-state index contributed by atoms with van der Waals surface area (Å²) in [5.41, 5.74) is 11.5. The lowest BCUT2D eigenvalue weighted by Gasteiger charge is -2.13. The average Bonchev–Trinajstić information content (AvgIpc) is 3.00. The van der Waals surface area contributed by atoms with Gasteiger partial charge in [0, 0.05) is 28.3 Å². The van der Waals surface area contributed by atoms with Crippen molar-refractivity contribution in [3.05, 3.63) is 158 Å². The first-order chi connectivity index (χ1) is 18.8. The molecule has 0 fully saturated rings. The molecule has 0 aliphatic heterocycles. The van der Waals surface area contributed by atoms with Gasteiger partial charge in [-0.1, -0.05) is 115 Å². The zero-order chi connectivity index (χ0) is 25.6. The van der Waals surface area contributed by atoms with Crippen molar-refractivity contribution >= 4 is 22.7 Å². The van der Waals surface area contributed by atoms with Gasteiger partial charge in [-0.25, -0.2) is 0 Å². The number of rotatable bonds is 7. The van der Waals surface area contributed by atoms with Gasteiger partial charge in [-0.3, -0.25) is 0 Å². The topological polar surface area (TPSA) is 24.1 Å². The highest BCUT2D eigenvalue weighted by atomic mass is 14.9. The van der Waals surface area contributed by atoms with E-state index in [0.29, 0.717) is 0 Å². The van der Waals surface area contributed by atoms with E-state index in [1.54, 1.807) is 0 Å². The largest absolute Gasteiger partial charge is 0.356 e. The zero-order valence-electron chi connectivity index (χ0n) is 21.0. The van der Waals surface area contributed by atoms with Crippen LogP contribution in [0.2, 0.25) is 0 Å². The summed E-state index contributed by atoms with van der Waals surface area (Å²) in [5, 5.41) is 7.10. The van der Waals surface area contributed by atoms with E-state index < -0.39 is 0 Å². The molecule has 6 rings (SSSR count). The Labute approximate surface area is 224 Å². The van der Waals surface area contributed by atoms with E-state index in [1.807, 2.05) is 12.1 Å².